The van der Waals surface area contributed by atoms with Crippen molar-refractivity contribution in [2.24, 2.45) is 0 Å². The molecule has 172 valence electrons. The van der Waals surface area contributed by atoms with Gasteiger partial charge in [0.15, 0.2) is 0 Å². The average Bonchev–Trinajstić information content (AvgIpc) is 2.97. The lowest BCUT2D eigenvalue weighted by Crippen LogP contribution is -2.58. The Morgan fingerprint density at radius 3 is 2.29 bits per heavy atom. The van der Waals surface area contributed by atoms with Crippen LogP contribution in [-0.2, 0) is 11.2 Å². The van der Waals surface area contributed by atoms with E-state index in [-0.39, 0.29) is 11.9 Å². The van der Waals surface area contributed by atoms with Gasteiger partial charge >= 0.3 is 6.03 Å². The van der Waals surface area contributed by atoms with Gasteiger partial charge in [0.05, 0.1) is 7.11 Å². The number of amides is 3. The number of likely N-dealkylation sites (N-methyl/N-ethyl adjacent to an activating group) is 1. The van der Waals surface area contributed by atoms with Gasteiger partial charge in [-0.05, 0) is 64.4 Å². The van der Waals surface area contributed by atoms with E-state index < -0.39 is 5.54 Å². The van der Waals surface area contributed by atoms with E-state index >= 15 is 0 Å². The van der Waals surface area contributed by atoms with Crippen LogP contribution in [0.15, 0.2) is 24.3 Å². The van der Waals surface area contributed by atoms with Crippen LogP contribution in [0, 0.1) is 0 Å². The molecule has 1 spiro atoms. The lowest BCUT2D eigenvalue weighted by molar-refractivity contribution is -0.136. The van der Waals surface area contributed by atoms with Gasteiger partial charge in [0.2, 0.25) is 0 Å². The summed E-state index contributed by atoms with van der Waals surface area (Å²) in [6.07, 6.45) is 3.24. The molecule has 2 saturated heterocycles. The van der Waals surface area contributed by atoms with E-state index in [9.17, 15) is 9.59 Å². The van der Waals surface area contributed by atoms with E-state index in [2.05, 4.69) is 18.7 Å². The highest BCUT2D eigenvalue weighted by atomic mass is 16.5. The molecule has 0 aliphatic carbocycles. The van der Waals surface area contributed by atoms with Gasteiger partial charge in [0, 0.05) is 38.8 Å². The molecule has 0 radical (unpaired) electrons. The Balaban J connectivity index is 1.78. The number of nitrogens with zero attached hydrogens (tertiary/aromatic N) is 4. The molecule has 2 heterocycles. The molecule has 7 nitrogen and oxygen atoms in total. The van der Waals surface area contributed by atoms with Crippen molar-refractivity contribution in [3.63, 3.8) is 0 Å². The van der Waals surface area contributed by atoms with Crippen LogP contribution in [0.2, 0.25) is 0 Å². The monoisotopic (exact) mass is 430 g/mol. The van der Waals surface area contributed by atoms with Gasteiger partial charge in [0.1, 0.15) is 11.3 Å². The normalized spacial score (nSPS) is 20.2. The summed E-state index contributed by atoms with van der Waals surface area (Å²) in [5.41, 5.74) is 0.444. The third-order valence-electron chi connectivity index (χ3n) is 7.02. The van der Waals surface area contributed by atoms with E-state index in [0.717, 1.165) is 37.2 Å². The summed E-state index contributed by atoms with van der Waals surface area (Å²) in [5.74, 6) is 0.817. The highest BCUT2D eigenvalue weighted by Crippen LogP contribution is 2.38. The van der Waals surface area contributed by atoms with Crippen molar-refractivity contribution in [3.05, 3.63) is 29.8 Å². The van der Waals surface area contributed by atoms with Gasteiger partial charge in [-0.25, -0.2) is 4.79 Å². The minimum absolute atomic E-state index is 0.00196. The second-order valence-electron chi connectivity index (χ2n) is 9.12. The zero-order valence-electron chi connectivity index (χ0n) is 19.8. The maximum atomic E-state index is 13.6. The fourth-order valence-electron chi connectivity index (χ4n) is 4.70. The third-order valence-corrected chi connectivity index (χ3v) is 7.02. The lowest BCUT2D eigenvalue weighted by Gasteiger charge is -2.44. The maximum Gasteiger partial charge on any atom is 0.327 e. The molecule has 1 atom stereocenters. The number of likely N-dealkylation sites (tertiary alicyclic amines) is 1. The predicted molar refractivity (Wildman–Crippen MR) is 122 cm³/mol. The summed E-state index contributed by atoms with van der Waals surface area (Å²) in [7, 11) is 5.58. The fourth-order valence-corrected chi connectivity index (χ4v) is 4.70. The Hall–Kier alpha value is -2.12. The molecule has 1 aromatic rings. The summed E-state index contributed by atoms with van der Waals surface area (Å²) >= 11 is 0. The summed E-state index contributed by atoms with van der Waals surface area (Å²) in [6.45, 7) is 7.83. The summed E-state index contributed by atoms with van der Waals surface area (Å²) in [5, 5.41) is 0. The number of urea groups is 1. The topological polar surface area (TPSA) is 56.3 Å². The molecule has 31 heavy (non-hydrogen) atoms. The van der Waals surface area contributed by atoms with Crippen molar-refractivity contribution in [2.75, 3.05) is 53.9 Å². The minimum Gasteiger partial charge on any atom is -0.497 e. The number of imide groups is 1. The van der Waals surface area contributed by atoms with Gasteiger partial charge < -0.3 is 19.4 Å². The van der Waals surface area contributed by atoms with Crippen LogP contribution in [0.4, 0.5) is 4.79 Å². The van der Waals surface area contributed by atoms with Crippen LogP contribution >= 0.6 is 0 Å². The maximum absolute atomic E-state index is 13.6. The van der Waals surface area contributed by atoms with E-state index in [1.165, 1.54) is 4.90 Å². The van der Waals surface area contributed by atoms with E-state index in [4.69, 9.17) is 4.74 Å². The number of ether oxygens (including phenoxy) is 1. The fraction of sp³-hybridized carbons (Fsp3) is 0.667. The van der Waals surface area contributed by atoms with Gasteiger partial charge in [-0.2, -0.15) is 0 Å². The number of methoxy groups -OCH3 is 1. The van der Waals surface area contributed by atoms with E-state index in [1.807, 2.05) is 48.2 Å². The molecular formula is C24H38N4O3. The molecule has 7 heteroatoms. The Labute approximate surface area is 186 Å². The van der Waals surface area contributed by atoms with Crippen LogP contribution < -0.4 is 4.74 Å². The molecule has 3 rings (SSSR count). The van der Waals surface area contributed by atoms with Crippen LogP contribution in [0.25, 0.3) is 0 Å². The molecule has 0 N–H and O–H groups in total. The Morgan fingerprint density at radius 2 is 1.74 bits per heavy atom. The van der Waals surface area contributed by atoms with Crippen LogP contribution in [0.3, 0.4) is 0 Å². The molecule has 1 aromatic carbocycles. The van der Waals surface area contributed by atoms with Crippen LogP contribution in [0.1, 0.15) is 38.7 Å². The second kappa shape index (κ2) is 10.0. The van der Waals surface area contributed by atoms with Gasteiger partial charge in [0.25, 0.3) is 5.91 Å². The quantitative estimate of drug-likeness (QED) is 0.564. The van der Waals surface area contributed by atoms with Gasteiger partial charge in [-0.1, -0.05) is 19.1 Å². The third kappa shape index (κ3) is 4.88. The predicted octanol–water partition coefficient (Wildman–Crippen LogP) is 2.70. The van der Waals surface area contributed by atoms with Crippen molar-refractivity contribution >= 4 is 11.9 Å². The van der Waals surface area contributed by atoms with Crippen molar-refractivity contribution in [3.8, 4) is 5.75 Å². The SMILES string of the molecule is CC[C@H](C)N1CCC2(CC1)C(=O)N(CCN(C)C)C(=O)N2CCc1ccc(OC)cc1. The zero-order chi connectivity index (χ0) is 22.6. The summed E-state index contributed by atoms with van der Waals surface area (Å²) < 4.78 is 5.24. The Kier molecular flexibility index (Phi) is 7.59. The molecule has 2 aliphatic heterocycles. The minimum atomic E-state index is -0.695. The number of hydrogen-bond acceptors (Lipinski definition) is 5. The lowest BCUT2D eigenvalue weighted by atomic mass is 9.85. The van der Waals surface area contributed by atoms with Gasteiger partial charge in [-0.3, -0.25) is 9.69 Å². The van der Waals surface area contributed by atoms with Crippen molar-refractivity contribution in [1.29, 1.82) is 0 Å². The number of piperidine rings is 1. The highest BCUT2D eigenvalue weighted by molar-refractivity contribution is 6.07. The van der Waals surface area contributed by atoms with E-state index in [1.54, 1.807) is 7.11 Å². The first kappa shape index (κ1) is 23.5. The van der Waals surface area contributed by atoms with Crippen molar-refractivity contribution in [1.82, 2.24) is 19.6 Å². The molecule has 0 bridgehead atoms. The molecular weight excluding hydrogens is 392 g/mol. The second-order valence-corrected chi connectivity index (χ2v) is 9.12. The number of carbonyl (C=O) groups excluding carboxylic acids is 2. The number of rotatable bonds is 9. The molecule has 2 fully saturated rings. The Bertz CT molecular complexity index is 757. The molecule has 0 aromatic heterocycles. The number of benzene rings is 1. The number of hydrogen-bond donors (Lipinski definition) is 0. The van der Waals surface area contributed by atoms with Crippen molar-refractivity contribution in [2.45, 2.75) is 51.1 Å². The average molecular weight is 431 g/mol. The summed E-state index contributed by atoms with van der Waals surface area (Å²) in [4.78, 5) is 34.8. The smallest absolute Gasteiger partial charge is 0.327 e. The Morgan fingerprint density at radius 1 is 1.10 bits per heavy atom. The first-order valence-corrected chi connectivity index (χ1v) is 11.5. The standard InChI is InChI=1S/C24H38N4O3/c1-6-19(2)26-15-12-24(13-16-26)22(29)27(18-17-25(3)4)23(30)28(24)14-11-20-7-9-21(31-5)10-8-20/h7-10,19H,6,11-18H2,1-5H3/t19-/m0/s1. The molecule has 0 unspecified atom stereocenters. The first-order valence-electron chi connectivity index (χ1n) is 11.5. The van der Waals surface area contributed by atoms with Crippen molar-refractivity contribution < 1.29 is 14.3 Å². The summed E-state index contributed by atoms with van der Waals surface area (Å²) in [6, 6.07) is 8.32. The molecule has 3 amide bonds. The first-order chi connectivity index (χ1) is 14.8. The molecule has 0 saturated carbocycles. The van der Waals surface area contributed by atoms with Crippen LogP contribution in [0.5, 0.6) is 5.75 Å². The zero-order valence-corrected chi connectivity index (χ0v) is 19.8. The number of carbonyl (C=O) groups is 2. The highest BCUT2D eigenvalue weighted by Gasteiger charge is 2.57. The van der Waals surface area contributed by atoms with Crippen LogP contribution in [-0.4, -0.2) is 97.0 Å². The molecule has 2 aliphatic rings. The van der Waals surface area contributed by atoms with Gasteiger partial charge in [-0.15, -0.1) is 0 Å². The largest absolute Gasteiger partial charge is 0.497 e. The van der Waals surface area contributed by atoms with E-state index in [0.29, 0.717) is 38.5 Å².